The zero-order chi connectivity index (χ0) is 26.2. The molecule has 0 fully saturated rings. The molecule has 0 spiro atoms. The van der Waals surface area contributed by atoms with Gasteiger partial charge in [-0.05, 0) is 74.4 Å². The first-order valence-electron chi connectivity index (χ1n) is 12.9. The molecule has 0 radical (unpaired) electrons. The van der Waals surface area contributed by atoms with Gasteiger partial charge in [0, 0.05) is 35.6 Å². The third-order valence-corrected chi connectivity index (χ3v) is 7.90. The number of rotatable bonds is 9. The molecule has 7 nitrogen and oxygen atoms in total. The van der Waals surface area contributed by atoms with Crippen molar-refractivity contribution in [2.75, 3.05) is 11.4 Å². The lowest BCUT2D eigenvalue weighted by Crippen LogP contribution is -2.23. The Labute approximate surface area is 221 Å². The third kappa shape index (κ3) is 7.04. The summed E-state index contributed by atoms with van der Waals surface area (Å²) >= 11 is 1.65. The van der Waals surface area contributed by atoms with Gasteiger partial charge in [0.25, 0.3) is 5.56 Å². The number of aromatic carboxylic acids is 1. The Morgan fingerprint density at radius 1 is 0.973 bits per heavy atom. The van der Waals surface area contributed by atoms with E-state index in [0.29, 0.717) is 25.9 Å². The molecule has 1 aliphatic rings. The van der Waals surface area contributed by atoms with Gasteiger partial charge in [-0.1, -0.05) is 37.1 Å². The standard InChI is InChI=1S/C29H33N3O4S/c1-2-32(29-31-27(34)24-7-5-3-4-6-8-25(24)37-29)23-16-11-20(12-17-23)13-18-26(33)30-19-21-9-14-22(15-10-21)28(35)36/h9-12,14-17H,2-8,13,18-19H2,1H3,(H,30,33)(H,35,36). The van der Waals surface area contributed by atoms with Crippen LogP contribution in [0.25, 0.3) is 0 Å². The molecule has 0 aliphatic heterocycles. The van der Waals surface area contributed by atoms with Crippen molar-refractivity contribution in [3.63, 3.8) is 0 Å². The van der Waals surface area contributed by atoms with Crippen molar-refractivity contribution in [1.29, 1.82) is 0 Å². The summed E-state index contributed by atoms with van der Waals surface area (Å²) in [5.74, 6) is -1.03. The van der Waals surface area contributed by atoms with Crippen LogP contribution < -0.4 is 15.8 Å². The molecule has 0 unspecified atom stereocenters. The van der Waals surface area contributed by atoms with E-state index in [1.165, 1.54) is 29.9 Å². The number of carbonyl (C=O) groups is 2. The number of anilines is 2. The average molecular weight is 520 g/mol. The number of nitrogens with zero attached hydrogens (tertiary/aromatic N) is 2. The van der Waals surface area contributed by atoms with Crippen LogP contribution in [0.4, 0.5) is 10.8 Å². The van der Waals surface area contributed by atoms with E-state index in [9.17, 15) is 14.4 Å². The van der Waals surface area contributed by atoms with Crippen LogP contribution in [0, 0.1) is 0 Å². The summed E-state index contributed by atoms with van der Waals surface area (Å²) in [7, 11) is 0. The summed E-state index contributed by atoms with van der Waals surface area (Å²) in [6.07, 6.45) is 7.35. The molecule has 0 atom stereocenters. The molecule has 1 heterocycles. The lowest BCUT2D eigenvalue weighted by Gasteiger charge is -2.23. The van der Waals surface area contributed by atoms with Gasteiger partial charge in [-0.25, -0.2) is 4.79 Å². The number of fused-ring (bicyclic) bond motifs is 1. The number of nitrogens with one attached hydrogen (secondary N) is 1. The number of hydrogen-bond acceptors (Lipinski definition) is 6. The Kier molecular flexibility index (Phi) is 9.06. The van der Waals surface area contributed by atoms with Crippen molar-refractivity contribution < 1.29 is 14.7 Å². The number of aryl methyl sites for hydroxylation is 2. The fourth-order valence-corrected chi connectivity index (χ4v) is 5.81. The Hall–Kier alpha value is -3.52. The fourth-order valence-electron chi connectivity index (χ4n) is 4.56. The van der Waals surface area contributed by atoms with Crippen molar-refractivity contribution in [2.24, 2.45) is 0 Å². The topological polar surface area (TPSA) is 99.6 Å². The number of carbonyl (C=O) groups excluding carboxylic acids is 1. The molecule has 1 aliphatic carbocycles. The normalized spacial score (nSPS) is 13.2. The maximum absolute atomic E-state index is 12.8. The first-order chi connectivity index (χ1) is 17.9. The fraction of sp³-hybridized carbons (Fsp3) is 0.379. The predicted molar refractivity (Wildman–Crippen MR) is 147 cm³/mol. The summed E-state index contributed by atoms with van der Waals surface area (Å²) in [5, 5.41) is 12.6. The lowest BCUT2D eigenvalue weighted by atomic mass is 10.0. The van der Waals surface area contributed by atoms with Crippen LogP contribution >= 0.6 is 11.3 Å². The minimum atomic E-state index is -0.968. The highest BCUT2D eigenvalue weighted by Gasteiger charge is 2.18. The summed E-state index contributed by atoms with van der Waals surface area (Å²) in [6.45, 7) is 3.12. The van der Waals surface area contributed by atoms with E-state index in [2.05, 4.69) is 22.1 Å². The van der Waals surface area contributed by atoms with Gasteiger partial charge < -0.3 is 15.3 Å². The molecular weight excluding hydrogens is 486 g/mol. The molecule has 1 aromatic heterocycles. The van der Waals surface area contributed by atoms with Gasteiger partial charge in [0.1, 0.15) is 0 Å². The monoisotopic (exact) mass is 519 g/mol. The molecule has 2 aromatic carbocycles. The lowest BCUT2D eigenvalue weighted by molar-refractivity contribution is -0.121. The molecule has 0 saturated heterocycles. The van der Waals surface area contributed by atoms with Crippen molar-refractivity contribution in [1.82, 2.24) is 10.3 Å². The molecule has 3 aromatic rings. The molecule has 8 heteroatoms. The molecule has 37 heavy (non-hydrogen) atoms. The molecular formula is C29H33N3O4S. The largest absolute Gasteiger partial charge is 0.478 e. The summed E-state index contributed by atoms with van der Waals surface area (Å²) in [5.41, 5.74) is 3.95. The second-order valence-corrected chi connectivity index (χ2v) is 10.4. The molecule has 0 bridgehead atoms. The van der Waals surface area contributed by atoms with Gasteiger partial charge in [0.2, 0.25) is 5.91 Å². The van der Waals surface area contributed by atoms with Crippen molar-refractivity contribution >= 4 is 34.0 Å². The quantitative estimate of drug-likeness (QED) is 0.400. The first kappa shape index (κ1) is 26.5. The van der Waals surface area contributed by atoms with Crippen molar-refractivity contribution in [3.05, 3.63) is 86.0 Å². The van der Waals surface area contributed by atoms with E-state index in [-0.39, 0.29) is 17.0 Å². The number of carboxylic acids is 1. The predicted octanol–water partition coefficient (Wildman–Crippen LogP) is 5.27. The minimum Gasteiger partial charge on any atom is -0.478 e. The van der Waals surface area contributed by atoms with Crippen LogP contribution in [0.1, 0.15) is 71.0 Å². The Morgan fingerprint density at radius 3 is 2.32 bits per heavy atom. The number of benzene rings is 2. The summed E-state index contributed by atoms with van der Waals surface area (Å²) < 4.78 is 0. The average Bonchev–Trinajstić information content (AvgIpc) is 2.88. The van der Waals surface area contributed by atoms with Crippen LogP contribution in [0.5, 0.6) is 0 Å². The van der Waals surface area contributed by atoms with E-state index in [4.69, 9.17) is 5.11 Å². The van der Waals surface area contributed by atoms with E-state index in [1.54, 1.807) is 23.5 Å². The van der Waals surface area contributed by atoms with E-state index in [0.717, 1.165) is 53.2 Å². The smallest absolute Gasteiger partial charge is 0.335 e. The van der Waals surface area contributed by atoms with Crippen LogP contribution in [0.3, 0.4) is 0 Å². The van der Waals surface area contributed by atoms with Crippen molar-refractivity contribution in [2.45, 2.75) is 64.8 Å². The molecule has 1 amide bonds. The van der Waals surface area contributed by atoms with Crippen LogP contribution in [-0.2, 0) is 30.6 Å². The van der Waals surface area contributed by atoms with Gasteiger partial charge in [-0.2, -0.15) is 4.98 Å². The van der Waals surface area contributed by atoms with E-state index >= 15 is 0 Å². The highest BCUT2D eigenvalue weighted by atomic mass is 32.1. The molecule has 4 rings (SSSR count). The first-order valence-corrected chi connectivity index (χ1v) is 13.7. The maximum Gasteiger partial charge on any atom is 0.335 e. The second kappa shape index (κ2) is 12.6. The Morgan fingerprint density at radius 2 is 1.65 bits per heavy atom. The van der Waals surface area contributed by atoms with Gasteiger partial charge in [-0.15, -0.1) is 11.3 Å². The van der Waals surface area contributed by atoms with Crippen LogP contribution in [-0.4, -0.2) is 28.5 Å². The second-order valence-electron chi connectivity index (χ2n) is 9.31. The van der Waals surface area contributed by atoms with Gasteiger partial charge in [0.15, 0.2) is 5.13 Å². The van der Waals surface area contributed by atoms with Gasteiger partial charge >= 0.3 is 5.97 Å². The third-order valence-electron chi connectivity index (χ3n) is 6.71. The summed E-state index contributed by atoms with van der Waals surface area (Å²) in [6, 6.07) is 14.6. The van der Waals surface area contributed by atoms with E-state index < -0.39 is 5.97 Å². The number of carboxylic acid groups (broad SMARTS) is 1. The Bertz CT molecular complexity index is 1290. The van der Waals surface area contributed by atoms with Gasteiger partial charge in [-0.3, -0.25) is 9.59 Å². The van der Waals surface area contributed by atoms with Crippen LogP contribution in [0.2, 0.25) is 0 Å². The number of hydrogen-bond donors (Lipinski definition) is 2. The Balaban J connectivity index is 1.35. The van der Waals surface area contributed by atoms with Crippen molar-refractivity contribution in [3.8, 4) is 0 Å². The summed E-state index contributed by atoms with van der Waals surface area (Å²) in [4.78, 5) is 43.8. The minimum absolute atomic E-state index is 0.0590. The SMILES string of the molecule is CCN(c1ccc(CCC(=O)NCc2ccc(C(=O)O)cc2)cc1)c1nc(=O)c2c(s1)CCCCCC2. The zero-order valence-electron chi connectivity index (χ0n) is 21.2. The van der Waals surface area contributed by atoms with Crippen LogP contribution in [0.15, 0.2) is 53.3 Å². The number of aromatic nitrogens is 1. The van der Waals surface area contributed by atoms with E-state index in [1.807, 2.05) is 24.3 Å². The highest BCUT2D eigenvalue weighted by Crippen LogP contribution is 2.31. The molecule has 194 valence electrons. The zero-order valence-corrected chi connectivity index (χ0v) is 22.0. The maximum atomic E-state index is 12.8. The number of amides is 1. The molecule has 2 N–H and O–H groups in total. The molecule has 0 saturated carbocycles. The van der Waals surface area contributed by atoms with Gasteiger partial charge in [0.05, 0.1) is 5.56 Å². The highest BCUT2D eigenvalue weighted by molar-refractivity contribution is 7.15.